The van der Waals surface area contributed by atoms with E-state index < -0.39 is 16.0 Å². The van der Waals surface area contributed by atoms with Crippen molar-refractivity contribution in [3.8, 4) is 11.4 Å². The highest BCUT2D eigenvalue weighted by Gasteiger charge is 2.27. The number of hydrogen-bond acceptors (Lipinski definition) is 7. The van der Waals surface area contributed by atoms with Gasteiger partial charge < -0.3 is 9.26 Å². The zero-order valence-electron chi connectivity index (χ0n) is 16.4. The summed E-state index contributed by atoms with van der Waals surface area (Å²) in [5.74, 6) is -0.0931. The van der Waals surface area contributed by atoms with Gasteiger partial charge in [0.05, 0.1) is 10.5 Å². The zero-order valence-corrected chi connectivity index (χ0v) is 17.3. The second-order valence-electron chi connectivity index (χ2n) is 7.04. The van der Waals surface area contributed by atoms with Crippen LogP contribution in [0.25, 0.3) is 11.4 Å². The summed E-state index contributed by atoms with van der Waals surface area (Å²) in [4.78, 5) is 16.8. The van der Waals surface area contributed by atoms with Gasteiger partial charge in [-0.2, -0.15) is 9.29 Å². The quantitative estimate of drug-likeness (QED) is 0.557. The number of hydrogen-bond donors (Lipinski definition) is 0. The average molecular weight is 427 g/mol. The minimum absolute atomic E-state index is 0.0819. The first-order valence-electron chi connectivity index (χ1n) is 9.61. The van der Waals surface area contributed by atoms with Crippen LogP contribution < -0.4 is 0 Å². The molecule has 0 spiro atoms. The highest BCUT2D eigenvalue weighted by molar-refractivity contribution is 7.89. The molecule has 0 amide bonds. The zero-order chi connectivity index (χ0) is 21.1. The van der Waals surface area contributed by atoms with Gasteiger partial charge in [0.1, 0.15) is 0 Å². The van der Waals surface area contributed by atoms with Crippen LogP contribution in [0.15, 0.2) is 57.9 Å². The Bertz CT molecular complexity index is 1170. The highest BCUT2D eigenvalue weighted by atomic mass is 32.2. The molecule has 156 valence electrons. The van der Waals surface area contributed by atoms with E-state index in [1.807, 2.05) is 31.2 Å². The molecule has 1 aliphatic heterocycles. The Morgan fingerprint density at radius 2 is 1.90 bits per heavy atom. The normalized spacial score (nSPS) is 14.7. The van der Waals surface area contributed by atoms with Gasteiger partial charge in [-0.05, 0) is 43.5 Å². The van der Waals surface area contributed by atoms with Crippen molar-refractivity contribution in [2.45, 2.75) is 31.3 Å². The van der Waals surface area contributed by atoms with E-state index in [4.69, 9.17) is 9.26 Å². The Labute approximate surface area is 174 Å². The number of carbonyl (C=O) groups excluding carboxylic acids is 1. The van der Waals surface area contributed by atoms with Crippen molar-refractivity contribution in [1.82, 2.24) is 14.4 Å². The molecule has 9 heteroatoms. The fourth-order valence-electron chi connectivity index (χ4n) is 3.32. The summed E-state index contributed by atoms with van der Waals surface area (Å²) in [5, 5.41) is 3.93. The first-order valence-corrected chi connectivity index (χ1v) is 11.0. The fourth-order valence-corrected chi connectivity index (χ4v) is 4.88. The van der Waals surface area contributed by atoms with Crippen molar-refractivity contribution in [1.29, 1.82) is 0 Å². The summed E-state index contributed by atoms with van der Waals surface area (Å²) in [6.07, 6.45) is 1.69. The molecule has 1 saturated heterocycles. The Kier molecular flexibility index (Phi) is 5.65. The van der Waals surface area contributed by atoms with Crippen LogP contribution in [-0.2, 0) is 21.4 Å². The largest absolute Gasteiger partial charge is 0.452 e. The van der Waals surface area contributed by atoms with Gasteiger partial charge in [0.25, 0.3) is 5.89 Å². The van der Waals surface area contributed by atoms with Gasteiger partial charge in [-0.15, -0.1) is 0 Å². The molecule has 2 aromatic carbocycles. The smallest absolute Gasteiger partial charge is 0.338 e. The second kappa shape index (κ2) is 8.37. The number of benzene rings is 2. The van der Waals surface area contributed by atoms with Gasteiger partial charge in [0.15, 0.2) is 6.61 Å². The van der Waals surface area contributed by atoms with Crippen LogP contribution in [0.5, 0.6) is 0 Å². The van der Waals surface area contributed by atoms with Crippen molar-refractivity contribution in [3.63, 3.8) is 0 Å². The van der Waals surface area contributed by atoms with Crippen molar-refractivity contribution >= 4 is 16.0 Å². The maximum atomic E-state index is 12.7. The minimum Gasteiger partial charge on any atom is -0.452 e. The first kappa shape index (κ1) is 20.2. The van der Waals surface area contributed by atoms with Crippen LogP contribution >= 0.6 is 0 Å². The van der Waals surface area contributed by atoms with Crippen molar-refractivity contribution in [2.75, 3.05) is 13.1 Å². The topological polar surface area (TPSA) is 103 Å². The predicted octanol–water partition coefficient (Wildman–Crippen LogP) is 3.19. The fraction of sp³-hybridized carbons (Fsp3) is 0.286. The third-order valence-electron chi connectivity index (χ3n) is 4.95. The number of carbonyl (C=O) groups is 1. The van der Waals surface area contributed by atoms with Crippen LogP contribution in [0.1, 0.15) is 34.7 Å². The highest BCUT2D eigenvalue weighted by Crippen LogP contribution is 2.23. The summed E-state index contributed by atoms with van der Waals surface area (Å²) in [6.45, 7) is 2.73. The summed E-state index contributed by atoms with van der Waals surface area (Å²) in [5.41, 5.74) is 1.98. The predicted molar refractivity (Wildman–Crippen MR) is 108 cm³/mol. The molecule has 0 unspecified atom stereocenters. The third kappa shape index (κ3) is 4.12. The maximum absolute atomic E-state index is 12.7. The van der Waals surface area contributed by atoms with E-state index in [9.17, 15) is 13.2 Å². The van der Waals surface area contributed by atoms with Gasteiger partial charge in [-0.25, -0.2) is 13.2 Å². The number of aryl methyl sites for hydroxylation is 1. The number of sulfonamides is 1. The molecule has 0 saturated carbocycles. The monoisotopic (exact) mass is 427 g/mol. The molecule has 0 N–H and O–H groups in total. The van der Waals surface area contributed by atoms with E-state index in [2.05, 4.69) is 10.1 Å². The first-order chi connectivity index (χ1) is 14.4. The molecule has 3 aromatic rings. The molecule has 1 aliphatic rings. The van der Waals surface area contributed by atoms with Gasteiger partial charge >= 0.3 is 5.97 Å². The molecule has 0 atom stereocenters. The molecule has 1 fully saturated rings. The molecular weight excluding hydrogens is 406 g/mol. The van der Waals surface area contributed by atoms with E-state index in [-0.39, 0.29) is 23.0 Å². The van der Waals surface area contributed by atoms with Crippen LogP contribution in [-0.4, -0.2) is 41.9 Å². The van der Waals surface area contributed by atoms with Crippen LogP contribution in [0.3, 0.4) is 0 Å². The molecule has 8 nitrogen and oxygen atoms in total. The number of aromatic nitrogens is 2. The van der Waals surface area contributed by atoms with Gasteiger partial charge in [-0.3, -0.25) is 0 Å². The summed E-state index contributed by atoms with van der Waals surface area (Å²) < 4.78 is 37.2. The molecule has 0 aliphatic carbocycles. The van der Waals surface area contributed by atoms with Gasteiger partial charge in [0, 0.05) is 18.7 Å². The molecule has 0 bridgehead atoms. The second-order valence-corrected chi connectivity index (χ2v) is 8.98. The van der Waals surface area contributed by atoms with Crippen molar-refractivity contribution in [3.05, 3.63) is 65.5 Å². The average Bonchev–Trinajstić information content (AvgIpc) is 3.45. The van der Waals surface area contributed by atoms with Crippen LogP contribution in [0.4, 0.5) is 0 Å². The Balaban J connectivity index is 1.44. The van der Waals surface area contributed by atoms with E-state index >= 15 is 0 Å². The standard InChI is InChI=1S/C21H21N3O5S/c1-15-7-2-3-10-18(15)20-22-19(29-23-20)14-28-21(25)16-8-6-9-17(13-16)30(26,27)24-11-4-5-12-24/h2-3,6-10,13H,4-5,11-12,14H2,1H3. The molecule has 30 heavy (non-hydrogen) atoms. The molecule has 4 rings (SSSR count). The SMILES string of the molecule is Cc1ccccc1-c1noc(COC(=O)c2cccc(S(=O)(=O)N3CCCC3)c2)n1. The van der Waals surface area contributed by atoms with Gasteiger partial charge in [-0.1, -0.05) is 35.5 Å². The van der Waals surface area contributed by atoms with Crippen molar-refractivity contribution < 1.29 is 22.5 Å². The minimum atomic E-state index is -3.61. The lowest BCUT2D eigenvalue weighted by Gasteiger charge is -2.15. The number of nitrogens with zero attached hydrogens (tertiary/aromatic N) is 3. The number of ether oxygens (including phenoxy) is 1. The summed E-state index contributed by atoms with van der Waals surface area (Å²) in [6, 6.07) is 13.5. The summed E-state index contributed by atoms with van der Waals surface area (Å²) in [7, 11) is -3.61. The Morgan fingerprint density at radius 1 is 1.13 bits per heavy atom. The molecule has 0 radical (unpaired) electrons. The molecular formula is C21H21N3O5S. The maximum Gasteiger partial charge on any atom is 0.338 e. The van der Waals surface area contributed by atoms with E-state index in [1.54, 1.807) is 0 Å². The summed E-state index contributed by atoms with van der Waals surface area (Å²) >= 11 is 0. The van der Waals surface area contributed by atoms with Crippen LogP contribution in [0, 0.1) is 6.92 Å². The lowest BCUT2D eigenvalue weighted by Crippen LogP contribution is -2.28. The van der Waals surface area contributed by atoms with Crippen molar-refractivity contribution in [2.24, 2.45) is 0 Å². The lowest BCUT2D eigenvalue weighted by atomic mass is 10.1. The number of rotatable bonds is 6. The molecule has 1 aromatic heterocycles. The molecule has 2 heterocycles. The Hall–Kier alpha value is -3.04. The van der Waals surface area contributed by atoms with E-state index in [0.717, 1.165) is 24.0 Å². The lowest BCUT2D eigenvalue weighted by molar-refractivity contribution is 0.0429. The van der Waals surface area contributed by atoms with Crippen LogP contribution in [0.2, 0.25) is 0 Å². The third-order valence-corrected chi connectivity index (χ3v) is 6.85. The van der Waals surface area contributed by atoms with E-state index in [0.29, 0.717) is 18.9 Å². The Morgan fingerprint density at radius 3 is 2.67 bits per heavy atom. The van der Waals surface area contributed by atoms with E-state index in [1.165, 1.54) is 28.6 Å². The number of esters is 1. The van der Waals surface area contributed by atoms with Gasteiger partial charge in [0.2, 0.25) is 15.8 Å².